The Hall–Kier alpha value is -1.59. The van der Waals surface area contributed by atoms with Gasteiger partial charge in [-0.05, 0) is 25.1 Å². The van der Waals surface area contributed by atoms with Crippen LogP contribution in [0.5, 0.6) is 5.75 Å². The van der Waals surface area contributed by atoms with E-state index in [0.29, 0.717) is 23.6 Å². The van der Waals surface area contributed by atoms with Crippen molar-refractivity contribution < 1.29 is 14.6 Å². The van der Waals surface area contributed by atoms with Crippen molar-refractivity contribution in [3.05, 3.63) is 23.8 Å². The molecule has 0 bridgehead atoms. The van der Waals surface area contributed by atoms with Gasteiger partial charge in [-0.1, -0.05) is 13.8 Å². The standard InChI is InChI=1S/C14H22N2O3/c1-4-19-13-6-5-12(7-11(13)9-17)16-14(18)8-15-10(2)3/h5-7,10,15,17H,4,8-9H2,1-3H3,(H,16,18). The number of aliphatic hydroxyl groups excluding tert-OH is 1. The number of rotatable bonds is 7. The van der Waals surface area contributed by atoms with Crippen LogP contribution in [0.3, 0.4) is 0 Å². The van der Waals surface area contributed by atoms with Crippen molar-refractivity contribution in [1.82, 2.24) is 5.32 Å². The van der Waals surface area contributed by atoms with Crippen molar-refractivity contribution in [2.24, 2.45) is 0 Å². The van der Waals surface area contributed by atoms with Crippen LogP contribution in [0.15, 0.2) is 18.2 Å². The highest BCUT2D eigenvalue weighted by atomic mass is 16.5. The molecule has 0 aromatic heterocycles. The highest BCUT2D eigenvalue weighted by molar-refractivity contribution is 5.92. The van der Waals surface area contributed by atoms with E-state index >= 15 is 0 Å². The second-order valence-corrected chi connectivity index (χ2v) is 4.50. The minimum Gasteiger partial charge on any atom is -0.494 e. The summed E-state index contributed by atoms with van der Waals surface area (Å²) in [6.45, 7) is 6.52. The predicted molar refractivity (Wildman–Crippen MR) is 75.3 cm³/mol. The summed E-state index contributed by atoms with van der Waals surface area (Å²) in [6.07, 6.45) is 0. The molecule has 0 saturated carbocycles. The van der Waals surface area contributed by atoms with Gasteiger partial charge in [-0.2, -0.15) is 0 Å². The third kappa shape index (κ3) is 5.28. The lowest BCUT2D eigenvalue weighted by Gasteiger charge is -2.12. The molecule has 0 aliphatic rings. The van der Waals surface area contributed by atoms with Gasteiger partial charge < -0.3 is 20.5 Å². The molecule has 5 heteroatoms. The maximum absolute atomic E-state index is 11.7. The first-order valence-electron chi connectivity index (χ1n) is 6.46. The molecule has 1 rings (SSSR count). The van der Waals surface area contributed by atoms with Gasteiger partial charge in [-0.3, -0.25) is 4.79 Å². The highest BCUT2D eigenvalue weighted by Gasteiger charge is 2.07. The molecule has 0 spiro atoms. The van der Waals surface area contributed by atoms with Gasteiger partial charge in [0, 0.05) is 17.3 Å². The van der Waals surface area contributed by atoms with E-state index in [1.807, 2.05) is 20.8 Å². The molecule has 1 aromatic carbocycles. The Labute approximate surface area is 114 Å². The predicted octanol–water partition coefficient (Wildman–Crippen LogP) is 1.51. The number of benzene rings is 1. The Morgan fingerprint density at radius 2 is 2.16 bits per heavy atom. The Morgan fingerprint density at radius 3 is 2.74 bits per heavy atom. The number of aliphatic hydroxyl groups is 1. The van der Waals surface area contributed by atoms with E-state index in [1.165, 1.54) is 0 Å². The van der Waals surface area contributed by atoms with Crippen molar-refractivity contribution in [2.75, 3.05) is 18.5 Å². The quantitative estimate of drug-likeness (QED) is 0.699. The zero-order valence-corrected chi connectivity index (χ0v) is 11.7. The van der Waals surface area contributed by atoms with Gasteiger partial charge in [-0.25, -0.2) is 0 Å². The first-order chi connectivity index (χ1) is 9.06. The molecular weight excluding hydrogens is 244 g/mol. The van der Waals surface area contributed by atoms with Crippen LogP contribution in [0.2, 0.25) is 0 Å². The molecule has 3 N–H and O–H groups in total. The average molecular weight is 266 g/mol. The fraction of sp³-hybridized carbons (Fsp3) is 0.500. The highest BCUT2D eigenvalue weighted by Crippen LogP contribution is 2.22. The molecular formula is C14H22N2O3. The van der Waals surface area contributed by atoms with Gasteiger partial charge >= 0.3 is 0 Å². The van der Waals surface area contributed by atoms with E-state index in [2.05, 4.69) is 10.6 Å². The van der Waals surface area contributed by atoms with Crippen LogP contribution >= 0.6 is 0 Å². The molecule has 0 saturated heterocycles. The molecule has 0 unspecified atom stereocenters. The lowest BCUT2D eigenvalue weighted by molar-refractivity contribution is -0.115. The fourth-order valence-corrected chi connectivity index (χ4v) is 1.58. The van der Waals surface area contributed by atoms with E-state index < -0.39 is 0 Å². The topological polar surface area (TPSA) is 70.6 Å². The second kappa shape index (κ2) is 7.76. The van der Waals surface area contributed by atoms with Gasteiger partial charge in [0.1, 0.15) is 5.75 Å². The maximum atomic E-state index is 11.7. The number of hydrogen-bond donors (Lipinski definition) is 3. The molecule has 0 atom stereocenters. The summed E-state index contributed by atoms with van der Waals surface area (Å²) in [7, 11) is 0. The Bertz CT molecular complexity index is 419. The Balaban J connectivity index is 2.66. The van der Waals surface area contributed by atoms with E-state index in [0.717, 1.165) is 0 Å². The third-order valence-electron chi connectivity index (χ3n) is 2.49. The molecule has 0 fully saturated rings. The molecule has 19 heavy (non-hydrogen) atoms. The smallest absolute Gasteiger partial charge is 0.238 e. The summed E-state index contributed by atoms with van der Waals surface area (Å²) < 4.78 is 5.38. The van der Waals surface area contributed by atoms with Crippen LogP contribution in [-0.4, -0.2) is 30.2 Å². The summed E-state index contributed by atoms with van der Waals surface area (Å²) in [5.41, 5.74) is 1.32. The summed E-state index contributed by atoms with van der Waals surface area (Å²) >= 11 is 0. The van der Waals surface area contributed by atoms with Gasteiger partial charge in [0.15, 0.2) is 0 Å². The van der Waals surface area contributed by atoms with E-state index in [-0.39, 0.29) is 25.1 Å². The lowest BCUT2D eigenvalue weighted by atomic mass is 10.2. The van der Waals surface area contributed by atoms with Crippen molar-refractivity contribution >= 4 is 11.6 Å². The minimum atomic E-state index is -0.122. The molecule has 1 aromatic rings. The third-order valence-corrected chi connectivity index (χ3v) is 2.49. The van der Waals surface area contributed by atoms with Gasteiger partial charge in [0.05, 0.1) is 19.8 Å². The van der Waals surface area contributed by atoms with Gasteiger partial charge in [-0.15, -0.1) is 0 Å². The number of ether oxygens (including phenoxy) is 1. The van der Waals surface area contributed by atoms with Crippen LogP contribution in [0.1, 0.15) is 26.3 Å². The normalized spacial score (nSPS) is 10.6. The van der Waals surface area contributed by atoms with Crippen LogP contribution in [-0.2, 0) is 11.4 Å². The van der Waals surface area contributed by atoms with E-state index in [4.69, 9.17) is 4.74 Å². The van der Waals surface area contributed by atoms with Crippen molar-refractivity contribution in [3.8, 4) is 5.75 Å². The number of carbonyl (C=O) groups excluding carboxylic acids is 1. The summed E-state index contributed by atoms with van der Waals surface area (Å²) in [5.74, 6) is 0.532. The molecule has 5 nitrogen and oxygen atoms in total. The van der Waals surface area contributed by atoms with Crippen LogP contribution < -0.4 is 15.4 Å². The van der Waals surface area contributed by atoms with Gasteiger partial charge in [0.25, 0.3) is 0 Å². The van der Waals surface area contributed by atoms with Gasteiger partial charge in [0.2, 0.25) is 5.91 Å². The maximum Gasteiger partial charge on any atom is 0.238 e. The number of amides is 1. The van der Waals surface area contributed by atoms with E-state index in [1.54, 1.807) is 18.2 Å². The van der Waals surface area contributed by atoms with Crippen LogP contribution in [0, 0.1) is 0 Å². The molecule has 106 valence electrons. The molecule has 0 heterocycles. The minimum absolute atomic E-state index is 0.109. The van der Waals surface area contributed by atoms with Crippen molar-refractivity contribution in [2.45, 2.75) is 33.4 Å². The zero-order chi connectivity index (χ0) is 14.3. The number of anilines is 1. The number of carbonyl (C=O) groups is 1. The average Bonchev–Trinajstić information content (AvgIpc) is 2.38. The Morgan fingerprint density at radius 1 is 1.42 bits per heavy atom. The molecule has 0 aliphatic carbocycles. The second-order valence-electron chi connectivity index (χ2n) is 4.50. The van der Waals surface area contributed by atoms with E-state index in [9.17, 15) is 9.90 Å². The van der Waals surface area contributed by atoms with Crippen LogP contribution in [0.4, 0.5) is 5.69 Å². The first-order valence-corrected chi connectivity index (χ1v) is 6.46. The lowest BCUT2D eigenvalue weighted by Crippen LogP contribution is -2.32. The monoisotopic (exact) mass is 266 g/mol. The molecule has 0 aliphatic heterocycles. The van der Waals surface area contributed by atoms with Crippen molar-refractivity contribution in [3.63, 3.8) is 0 Å². The summed E-state index contributed by atoms with van der Waals surface area (Å²) in [6, 6.07) is 5.50. The Kier molecular flexibility index (Phi) is 6.32. The summed E-state index contributed by atoms with van der Waals surface area (Å²) in [4.78, 5) is 11.7. The SMILES string of the molecule is CCOc1ccc(NC(=O)CNC(C)C)cc1CO. The fourth-order valence-electron chi connectivity index (χ4n) is 1.58. The molecule has 1 amide bonds. The zero-order valence-electron chi connectivity index (χ0n) is 11.7. The first kappa shape index (κ1) is 15.5. The molecule has 0 radical (unpaired) electrons. The number of nitrogens with one attached hydrogen (secondary N) is 2. The largest absolute Gasteiger partial charge is 0.494 e. The summed E-state index contributed by atoms with van der Waals surface area (Å²) in [5, 5.41) is 15.1. The van der Waals surface area contributed by atoms with Crippen LogP contribution in [0.25, 0.3) is 0 Å². The number of hydrogen-bond acceptors (Lipinski definition) is 4. The van der Waals surface area contributed by atoms with Crippen molar-refractivity contribution in [1.29, 1.82) is 0 Å².